The lowest BCUT2D eigenvalue weighted by atomic mass is 10.1. The van der Waals surface area contributed by atoms with E-state index in [1.807, 2.05) is 60.7 Å². The van der Waals surface area contributed by atoms with E-state index in [9.17, 15) is 14.4 Å². The first-order valence-corrected chi connectivity index (χ1v) is 10.7. The summed E-state index contributed by atoms with van der Waals surface area (Å²) in [5.74, 6) is -1.17. The van der Waals surface area contributed by atoms with Gasteiger partial charge in [-0.15, -0.1) is 0 Å². The number of carbonyl (C=O) groups is 3. The summed E-state index contributed by atoms with van der Waals surface area (Å²) >= 11 is 0. The first-order chi connectivity index (χ1) is 15.7. The molecule has 0 aliphatic heterocycles. The molecule has 0 bridgehead atoms. The maximum Gasteiger partial charge on any atom is 0.408 e. The second-order valence-electron chi connectivity index (χ2n) is 8.47. The number of alkyl carbamates (subject to hydrolysis) is 1. The molecule has 2 aromatic carbocycles. The van der Waals surface area contributed by atoms with Crippen LogP contribution in [0.25, 0.3) is 0 Å². The number of carbonyl (C=O) groups excluding carboxylic acids is 3. The van der Waals surface area contributed by atoms with Gasteiger partial charge in [0.05, 0.1) is 20.3 Å². The smallest absolute Gasteiger partial charge is 0.408 e. The number of hydrogen-bond acceptors (Lipinski definition) is 6. The van der Waals surface area contributed by atoms with Crippen molar-refractivity contribution >= 4 is 18.0 Å². The van der Waals surface area contributed by atoms with Crippen molar-refractivity contribution in [2.75, 3.05) is 13.7 Å². The summed E-state index contributed by atoms with van der Waals surface area (Å²) in [5.41, 5.74) is 1.04. The molecule has 2 atom stereocenters. The summed E-state index contributed by atoms with van der Waals surface area (Å²) < 4.78 is 15.8. The second-order valence-corrected chi connectivity index (χ2v) is 8.47. The van der Waals surface area contributed by atoms with E-state index in [0.29, 0.717) is 0 Å². The van der Waals surface area contributed by atoms with E-state index >= 15 is 0 Å². The van der Waals surface area contributed by atoms with E-state index in [1.54, 1.807) is 20.8 Å². The molecule has 0 fully saturated rings. The van der Waals surface area contributed by atoms with E-state index in [2.05, 4.69) is 10.6 Å². The number of amides is 2. The van der Waals surface area contributed by atoms with Crippen molar-refractivity contribution in [3.63, 3.8) is 0 Å². The number of esters is 1. The van der Waals surface area contributed by atoms with Gasteiger partial charge in [-0.05, 0) is 31.9 Å². The van der Waals surface area contributed by atoms with Crippen molar-refractivity contribution in [3.8, 4) is 0 Å². The van der Waals surface area contributed by atoms with E-state index in [-0.39, 0.29) is 19.6 Å². The zero-order valence-corrected chi connectivity index (χ0v) is 19.5. The van der Waals surface area contributed by atoms with Gasteiger partial charge in [0.25, 0.3) is 0 Å². The van der Waals surface area contributed by atoms with Gasteiger partial charge >= 0.3 is 12.1 Å². The van der Waals surface area contributed by atoms with Crippen molar-refractivity contribution in [3.05, 3.63) is 71.8 Å². The third kappa shape index (κ3) is 9.74. The third-order valence-electron chi connectivity index (χ3n) is 4.49. The molecule has 0 saturated heterocycles. The van der Waals surface area contributed by atoms with Crippen LogP contribution in [0.4, 0.5) is 4.79 Å². The van der Waals surface area contributed by atoms with E-state index < -0.39 is 35.7 Å². The minimum atomic E-state index is -1.08. The van der Waals surface area contributed by atoms with Crippen LogP contribution >= 0.6 is 0 Å². The summed E-state index contributed by atoms with van der Waals surface area (Å²) in [6.07, 6.45) is -0.521. The Labute approximate surface area is 194 Å². The second kappa shape index (κ2) is 12.6. The molecule has 2 amide bonds. The van der Waals surface area contributed by atoms with Gasteiger partial charge < -0.3 is 24.8 Å². The quantitative estimate of drug-likeness (QED) is 0.533. The van der Waals surface area contributed by atoms with Crippen molar-refractivity contribution in [1.29, 1.82) is 0 Å². The van der Waals surface area contributed by atoms with Gasteiger partial charge in [-0.2, -0.15) is 0 Å². The van der Waals surface area contributed by atoms with E-state index in [4.69, 9.17) is 14.2 Å². The van der Waals surface area contributed by atoms with Gasteiger partial charge in [-0.3, -0.25) is 4.79 Å². The summed E-state index contributed by atoms with van der Waals surface area (Å²) in [4.78, 5) is 37.7. The molecule has 0 aliphatic carbocycles. The lowest BCUT2D eigenvalue weighted by molar-refractivity contribution is -0.145. The molecule has 2 aromatic rings. The van der Waals surface area contributed by atoms with E-state index in [1.165, 1.54) is 7.11 Å². The average Bonchev–Trinajstić information content (AvgIpc) is 2.77. The Morgan fingerprint density at radius 2 is 1.42 bits per heavy atom. The van der Waals surface area contributed by atoms with Crippen LogP contribution in [0.15, 0.2) is 60.7 Å². The molecule has 178 valence electrons. The molecule has 0 spiro atoms. The number of methoxy groups -OCH3 is 1. The number of ether oxygens (including phenoxy) is 3. The molecular formula is C25H32N2O6. The fraction of sp³-hybridized carbons (Fsp3) is 0.400. The van der Waals surface area contributed by atoms with Crippen LogP contribution in [-0.2, 0) is 36.8 Å². The molecule has 8 nitrogen and oxygen atoms in total. The van der Waals surface area contributed by atoms with Crippen LogP contribution in [0.3, 0.4) is 0 Å². The highest BCUT2D eigenvalue weighted by atomic mass is 16.6. The zero-order valence-electron chi connectivity index (χ0n) is 19.5. The van der Waals surface area contributed by atoms with Crippen LogP contribution in [0.1, 0.15) is 31.9 Å². The standard InChI is InChI=1S/C25H32N2O6/c1-25(2,3)33-24(30)27-21(17-32-16-19-13-9-6-10-14-19)22(28)26-20(23(29)31-4)15-18-11-7-5-8-12-18/h5-14,20-21H,15-17H2,1-4H3,(H,26,28)(H,27,30)/t20-,21+/m0/s1. The number of benzene rings is 2. The molecule has 0 heterocycles. The number of hydrogen-bond donors (Lipinski definition) is 2. The topological polar surface area (TPSA) is 103 Å². The minimum Gasteiger partial charge on any atom is -0.467 e. The summed E-state index contributed by atoms with van der Waals surface area (Å²) in [6, 6.07) is 16.7. The third-order valence-corrected chi connectivity index (χ3v) is 4.49. The highest BCUT2D eigenvalue weighted by molar-refractivity contribution is 5.90. The molecule has 33 heavy (non-hydrogen) atoms. The first kappa shape index (κ1) is 25.9. The van der Waals surface area contributed by atoms with Gasteiger partial charge in [0, 0.05) is 6.42 Å². The van der Waals surface area contributed by atoms with E-state index in [0.717, 1.165) is 11.1 Å². The van der Waals surface area contributed by atoms with Crippen LogP contribution in [0.2, 0.25) is 0 Å². The predicted octanol–water partition coefficient (Wildman–Crippen LogP) is 3.00. The van der Waals surface area contributed by atoms with Crippen molar-refractivity contribution in [1.82, 2.24) is 10.6 Å². The average molecular weight is 457 g/mol. The van der Waals surface area contributed by atoms with Crippen LogP contribution < -0.4 is 10.6 Å². The Bertz CT molecular complexity index is 896. The molecule has 2 N–H and O–H groups in total. The summed E-state index contributed by atoms with van der Waals surface area (Å²) in [5, 5.41) is 5.20. The largest absolute Gasteiger partial charge is 0.467 e. The van der Waals surface area contributed by atoms with Gasteiger partial charge in [0.15, 0.2) is 0 Å². The van der Waals surface area contributed by atoms with Crippen molar-refractivity contribution in [2.24, 2.45) is 0 Å². The van der Waals surface area contributed by atoms with Gasteiger partial charge in [-0.1, -0.05) is 60.7 Å². The minimum absolute atomic E-state index is 0.112. The monoisotopic (exact) mass is 456 g/mol. The first-order valence-electron chi connectivity index (χ1n) is 10.7. The molecule has 0 saturated carbocycles. The van der Waals surface area contributed by atoms with Crippen molar-refractivity contribution < 1.29 is 28.6 Å². The van der Waals surface area contributed by atoms with Gasteiger partial charge in [0.2, 0.25) is 5.91 Å². The highest BCUT2D eigenvalue weighted by Crippen LogP contribution is 2.09. The predicted molar refractivity (Wildman–Crippen MR) is 123 cm³/mol. The Morgan fingerprint density at radius 3 is 1.97 bits per heavy atom. The highest BCUT2D eigenvalue weighted by Gasteiger charge is 2.29. The van der Waals surface area contributed by atoms with Crippen LogP contribution in [0.5, 0.6) is 0 Å². The fourth-order valence-electron chi connectivity index (χ4n) is 2.96. The van der Waals surface area contributed by atoms with Crippen LogP contribution in [0, 0.1) is 0 Å². The van der Waals surface area contributed by atoms with Gasteiger partial charge in [0.1, 0.15) is 17.7 Å². The number of nitrogens with one attached hydrogen (secondary N) is 2. The Kier molecular flexibility index (Phi) is 9.87. The molecule has 0 unspecified atom stereocenters. The summed E-state index contributed by atoms with van der Waals surface area (Å²) in [7, 11) is 1.26. The lowest BCUT2D eigenvalue weighted by Gasteiger charge is -2.25. The van der Waals surface area contributed by atoms with Crippen molar-refractivity contribution in [2.45, 2.75) is 51.5 Å². The Morgan fingerprint density at radius 1 is 0.848 bits per heavy atom. The SMILES string of the molecule is COC(=O)[C@H](Cc1ccccc1)NC(=O)[C@@H](COCc1ccccc1)NC(=O)OC(C)(C)C. The number of rotatable bonds is 10. The fourth-order valence-corrected chi connectivity index (χ4v) is 2.96. The Balaban J connectivity index is 2.09. The van der Waals surface area contributed by atoms with Crippen LogP contribution in [-0.4, -0.2) is 49.4 Å². The molecule has 0 aromatic heterocycles. The molecule has 0 aliphatic rings. The molecule has 2 rings (SSSR count). The summed E-state index contributed by atoms with van der Waals surface area (Å²) in [6.45, 7) is 5.31. The molecular weight excluding hydrogens is 424 g/mol. The van der Waals surface area contributed by atoms with Gasteiger partial charge in [-0.25, -0.2) is 9.59 Å². The maximum absolute atomic E-state index is 13.0. The molecule has 8 heteroatoms. The molecule has 0 radical (unpaired) electrons. The zero-order chi connectivity index (χ0) is 24.3. The normalized spacial score (nSPS) is 12.8. The Hall–Kier alpha value is -3.39. The lowest BCUT2D eigenvalue weighted by Crippen LogP contribution is -2.54. The maximum atomic E-state index is 13.0.